The van der Waals surface area contributed by atoms with Gasteiger partial charge < -0.3 is 30.5 Å². The van der Waals surface area contributed by atoms with Crippen molar-refractivity contribution in [2.24, 2.45) is 17.1 Å². The first-order chi connectivity index (χ1) is 23.3. The minimum atomic E-state index is -1.00. The number of carbonyl (C=O) groups is 3. The zero-order chi connectivity index (χ0) is 36.0. The number of unbranched alkanes of at least 4 members (excludes halogenated alkanes) is 10. The summed E-state index contributed by atoms with van der Waals surface area (Å²) >= 11 is 0. The molecule has 49 heavy (non-hydrogen) atoms. The molecule has 2 saturated carbocycles. The Bertz CT molecular complexity index is 1060. The Balaban J connectivity index is 1.66. The van der Waals surface area contributed by atoms with Gasteiger partial charge in [0.2, 0.25) is 5.91 Å². The van der Waals surface area contributed by atoms with Gasteiger partial charge in [-0.15, -0.1) is 0 Å². The summed E-state index contributed by atoms with van der Waals surface area (Å²) in [5, 5.41) is 13.7. The van der Waals surface area contributed by atoms with E-state index in [0.29, 0.717) is 19.4 Å². The molecular weight excluding hydrogens is 618 g/mol. The minimum absolute atomic E-state index is 0.0869. The third-order valence-electron chi connectivity index (χ3n) is 11.6. The lowest BCUT2D eigenvalue weighted by atomic mass is 9.68. The van der Waals surface area contributed by atoms with Crippen LogP contribution >= 0.6 is 0 Å². The first kappa shape index (κ1) is 41.3. The molecule has 0 aromatic carbocycles. The molecule has 0 spiro atoms. The number of hydrogen-bond donors (Lipinski definition) is 3. The number of carboxylic acids is 1. The van der Waals surface area contributed by atoms with Crippen LogP contribution < -0.4 is 11.1 Å². The van der Waals surface area contributed by atoms with E-state index >= 15 is 0 Å². The molecule has 3 amide bonds. The number of aliphatic carboxylic acids is 1. The van der Waals surface area contributed by atoms with E-state index in [-0.39, 0.29) is 12.5 Å². The molecule has 4 N–H and O–H groups in total. The fourth-order valence-electron chi connectivity index (χ4n) is 8.91. The van der Waals surface area contributed by atoms with Crippen LogP contribution in [0.15, 0.2) is 12.2 Å². The molecular formula is C40H71N3O6. The predicted octanol–water partition coefficient (Wildman–Crippen LogP) is 9.02. The van der Waals surface area contributed by atoms with Gasteiger partial charge in [-0.2, -0.15) is 0 Å². The maximum Gasteiger partial charge on any atom is 0.315 e. The SMILES string of the molecule is CCCCCCCCC/C=C/CCCCCC1(N(C(N)=O)C2(C(CNC(=O)C3OC(C)(C)OCC3(C)C)C(=O)O)CCCCC2)CCCC1. The number of ether oxygens (including phenoxy) is 2. The minimum Gasteiger partial charge on any atom is -0.481 e. The van der Waals surface area contributed by atoms with Gasteiger partial charge in [-0.05, 0) is 71.6 Å². The van der Waals surface area contributed by atoms with Gasteiger partial charge in [-0.1, -0.05) is 116 Å². The number of primary amides is 1. The van der Waals surface area contributed by atoms with Crippen molar-refractivity contribution >= 4 is 17.9 Å². The molecule has 282 valence electrons. The molecule has 3 fully saturated rings. The number of nitrogens with one attached hydrogen (secondary N) is 1. The van der Waals surface area contributed by atoms with Crippen molar-refractivity contribution in [2.75, 3.05) is 13.2 Å². The first-order valence-electron chi connectivity index (χ1n) is 19.9. The van der Waals surface area contributed by atoms with E-state index in [0.717, 1.165) is 83.5 Å². The zero-order valence-electron chi connectivity index (χ0n) is 31.8. The normalized spacial score (nSPS) is 23.2. The van der Waals surface area contributed by atoms with Gasteiger partial charge in [-0.3, -0.25) is 9.59 Å². The standard InChI is InChI=1S/C40H71N3O6/c1-6-7-8-9-10-11-12-13-14-15-16-17-18-20-25-39(26-23-24-27-39)43(36(41)47)40(28-21-19-22-29-40)32(35(45)46)30-42-34(44)33-37(2,3)31-48-38(4,5)49-33/h14-15,32-33H,6-13,16-31H2,1-5H3,(H2,41,47)(H,42,44)(H,45,46)/b15-14+. The summed E-state index contributed by atoms with van der Waals surface area (Å²) in [5.41, 5.74) is 4.31. The van der Waals surface area contributed by atoms with Crippen LogP contribution in [-0.2, 0) is 19.1 Å². The smallest absolute Gasteiger partial charge is 0.315 e. The highest BCUT2D eigenvalue weighted by molar-refractivity contribution is 5.83. The molecule has 2 aliphatic carbocycles. The molecule has 9 nitrogen and oxygen atoms in total. The molecule has 1 heterocycles. The van der Waals surface area contributed by atoms with Crippen molar-refractivity contribution in [3.8, 4) is 0 Å². The van der Waals surface area contributed by atoms with Gasteiger partial charge in [-0.25, -0.2) is 4.79 Å². The van der Waals surface area contributed by atoms with Gasteiger partial charge in [0.15, 0.2) is 5.79 Å². The van der Waals surface area contributed by atoms with Crippen LogP contribution in [-0.4, -0.2) is 64.0 Å². The van der Waals surface area contributed by atoms with Gasteiger partial charge >= 0.3 is 12.0 Å². The molecule has 1 saturated heterocycles. The average molecular weight is 690 g/mol. The summed E-state index contributed by atoms with van der Waals surface area (Å²) in [5.74, 6) is -3.26. The van der Waals surface area contributed by atoms with Crippen LogP contribution in [0.25, 0.3) is 0 Å². The number of rotatable bonds is 21. The van der Waals surface area contributed by atoms with Crippen molar-refractivity contribution in [1.29, 1.82) is 0 Å². The Hall–Kier alpha value is -2.13. The summed E-state index contributed by atoms with van der Waals surface area (Å²) in [6.07, 6.45) is 26.9. The second-order valence-corrected chi connectivity index (χ2v) is 16.6. The van der Waals surface area contributed by atoms with E-state index in [2.05, 4.69) is 24.4 Å². The third kappa shape index (κ3) is 11.7. The van der Waals surface area contributed by atoms with E-state index in [1.165, 1.54) is 44.9 Å². The summed E-state index contributed by atoms with van der Waals surface area (Å²) in [6.45, 7) is 9.90. The molecule has 9 heteroatoms. The van der Waals surface area contributed by atoms with Crippen molar-refractivity contribution in [1.82, 2.24) is 10.2 Å². The predicted molar refractivity (Wildman–Crippen MR) is 196 cm³/mol. The Kier molecular flexibility index (Phi) is 16.4. The maximum atomic E-state index is 13.6. The maximum absolute atomic E-state index is 13.6. The summed E-state index contributed by atoms with van der Waals surface area (Å²) < 4.78 is 11.8. The highest BCUT2D eigenvalue weighted by Gasteiger charge is 2.57. The number of hydrogen-bond acceptors (Lipinski definition) is 5. The third-order valence-corrected chi connectivity index (χ3v) is 11.6. The molecule has 1 aliphatic heterocycles. The van der Waals surface area contributed by atoms with Crippen LogP contribution in [0.1, 0.15) is 176 Å². The summed E-state index contributed by atoms with van der Waals surface area (Å²) in [7, 11) is 0. The molecule has 3 rings (SSSR count). The average Bonchev–Trinajstić information content (AvgIpc) is 3.51. The fraction of sp³-hybridized carbons (Fsp3) is 0.875. The lowest BCUT2D eigenvalue weighted by Crippen LogP contribution is -2.69. The van der Waals surface area contributed by atoms with E-state index in [4.69, 9.17) is 15.2 Å². The molecule has 2 unspecified atom stereocenters. The second-order valence-electron chi connectivity index (χ2n) is 16.6. The largest absolute Gasteiger partial charge is 0.481 e. The van der Waals surface area contributed by atoms with Gasteiger partial charge in [0.25, 0.3) is 0 Å². The summed E-state index contributed by atoms with van der Waals surface area (Å²) in [6, 6.07) is -0.523. The lowest BCUT2D eigenvalue weighted by molar-refractivity contribution is -0.304. The van der Waals surface area contributed by atoms with Gasteiger partial charge in [0.1, 0.15) is 6.10 Å². The number of carboxylic acid groups (broad SMARTS) is 1. The van der Waals surface area contributed by atoms with Gasteiger partial charge in [0.05, 0.1) is 18.1 Å². The van der Waals surface area contributed by atoms with Crippen molar-refractivity contribution in [2.45, 2.75) is 199 Å². The zero-order valence-corrected chi connectivity index (χ0v) is 31.8. The van der Waals surface area contributed by atoms with E-state index in [9.17, 15) is 19.5 Å². The molecule has 3 aliphatic rings. The van der Waals surface area contributed by atoms with Crippen LogP contribution in [0.4, 0.5) is 4.79 Å². The van der Waals surface area contributed by atoms with E-state index in [1.807, 2.05) is 18.7 Å². The number of carbonyl (C=O) groups excluding carboxylic acids is 2. The van der Waals surface area contributed by atoms with Crippen LogP contribution in [0.5, 0.6) is 0 Å². The Morgan fingerprint density at radius 2 is 1.39 bits per heavy atom. The number of urea groups is 1. The van der Waals surface area contributed by atoms with Crippen molar-refractivity contribution < 1.29 is 29.0 Å². The number of nitrogens with two attached hydrogens (primary N) is 1. The van der Waals surface area contributed by atoms with E-state index in [1.54, 1.807) is 13.8 Å². The number of nitrogens with zero attached hydrogens (tertiary/aromatic N) is 1. The van der Waals surface area contributed by atoms with Crippen LogP contribution in [0.3, 0.4) is 0 Å². The Morgan fingerprint density at radius 3 is 1.96 bits per heavy atom. The molecule has 2 atom stereocenters. The molecule has 0 aromatic rings. The topological polar surface area (TPSA) is 131 Å². The fourth-order valence-corrected chi connectivity index (χ4v) is 8.91. The highest BCUT2D eigenvalue weighted by atomic mass is 16.7. The Morgan fingerprint density at radius 1 is 0.837 bits per heavy atom. The molecule has 0 aromatic heterocycles. The second kappa shape index (κ2) is 19.5. The summed E-state index contributed by atoms with van der Waals surface area (Å²) in [4.78, 5) is 42.3. The van der Waals surface area contributed by atoms with Crippen molar-refractivity contribution in [3.05, 3.63) is 12.2 Å². The first-order valence-corrected chi connectivity index (χ1v) is 19.9. The number of allylic oxidation sites excluding steroid dienone is 2. The quantitative estimate of drug-likeness (QED) is 0.0814. The van der Waals surface area contributed by atoms with Gasteiger partial charge in [0, 0.05) is 17.5 Å². The Labute approximate surface area is 297 Å². The number of amides is 3. The highest BCUT2D eigenvalue weighted by Crippen LogP contribution is 2.50. The van der Waals surface area contributed by atoms with Crippen molar-refractivity contribution in [3.63, 3.8) is 0 Å². The molecule has 0 radical (unpaired) electrons. The van der Waals surface area contributed by atoms with Crippen LogP contribution in [0.2, 0.25) is 0 Å². The van der Waals surface area contributed by atoms with Crippen LogP contribution in [0, 0.1) is 11.3 Å². The van der Waals surface area contributed by atoms with E-state index < -0.39 is 46.3 Å². The monoisotopic (exact) mass is 690 g/mol. The molecule has 0 bridgehead atoms. The lowest BCUT2D eigenvalue weighted by Gasteiger charge is -2.56.